The van der Waals surface area contributed by atoms with E-state index in [9.17, 15) is 4.79 Å². The molecular formula is C21H23N5OS. The number of hydrogen-bond donors (Lipinski definition) is 1. The molecule has 144 valence electrons. The highest BCUT2D eigenvalue weighted by molar-refractivity contribution is 7.19. The predicted molar refractivity (Wildman–Crippen MR) is 112 cm³/mol. The summed E-state index contributed by atoms with van der Waals surface area (Å²) in [5.74, 6) is 1.94. The first-order chi connectivity index (χ1) is 13.8. The molecule has 0 bridgehead atoms. The van der Waals surface area contributed by atoms with Crippen LogP contribution in [0.2, 0.25) is 0 Å². The van der Waals surface area contributed by atoms with Crippen LogP contribution in [0.15, 0.2) is 24.5 Å². The van der Waals surface area contributed by atoms with Gasteiger partial charge in [-0.15, -0.1) is 11.3 Å². The summed E-state index contributed by atoms with van der Waals surface area (Å²) < 4.78 is 0. The number of amides is 1. The summed E-state index contributed by atoms with van der Waals surface area (Å²) in [5.41, 5.74) is 2.36. The Hall–Kier alpha value is -2.54. The van der Waals surface area contributed by atoms with Crippen molar-refractivity contribution in [3.8, 4) is 11.4 Å². The number of aryl methyl sites for hydroxylation is 2. The molecule has 1 amide bonds. The zero-order valence-electron chi connectivity index (χ0n) is 15.8. The van der Waals surface area contributed by atoms with Crippen LogP contribution in [0.3, 0.4) is 0 Å². The monoisotopic (exact) mass is 393 g/mol. The smallest absolute Gasteiger partial charge is 0.222 e. The molecule has 7 heteroatoms. The number of anilines is 1. The number of fused-ring (bicyclic) bond motifs is 3. The summed E-state index contributed by atoms with van der Waals surface area (Å²) in [6, 6.07) is 3.91. The van der Waals surface area contributed by atoms with Gasteiger partial charge in [-0.3, -0.25) is 9.78 Å². The molecule has 4 heterocycles. The average Bonchev–Trinajstić information content (AvgIpc) is 3.41. The van der Waals surface area contributed by atoms with E-state index in [0.29, 0.717) is 12.3 Å². The molecule has 2 aliphatic rings. The number of rotatable bonds is 6. The second kappa shape index (κ2) is 7.47. The second-order valence-corrected chi connectivity index (χ2v) is 8.52. The Morgan fingerprint density at radius 2 is 2.14 bits per heavy atom. The fraction of sp³-hybridized carbons (Fsp3) is 0.429. The van der Waals surface area contributed by atoms with E-state index in [1.807, 2.05) is 23.2 Å². The van der Waals surface area contributed by atoms with Gasteiger partial charge in [-0.05, 0) is 49.8 Å². The van der Waals surface area contributed by atoms with E-state index in [-0.39, 0.29) is 0 Å². The molecule has 0 radical (unpaired) electrons. The van der Waals surface area contributed by atoms with Crippen LogP contribution >= 0.6 is 11.3 Å². The molecule has 3 aromatic rings. The Bertz CT molecular complexity index is 1020. The molecule has 5 rings (SSSR count). The van der Waals surface area contributed by atoms with Crippen LogP contribution < -0.4 is 5.32 Å². The molecule has 1 fully saturated rings. The van der Waals surface area contributed by atoms with Crippen LogP contribution in [0.1, 0.15) is 36.1 Å². The third kappa shape index (κ3) is 3.24. The van der Waals surface area contributed by atoms with Crippen LogP contribution in [0.5, 0.6) is 0 Å². The number of hydrogen-bond acceptors (Lipinski definition) is 6. The molecule has 3 aromatic heterocycles. The summed E-state index contributed by atoms with van der Waals surface area (Å²) in [6.45, 7) is 2.52. The molecule has 1 saturated heterocycles. The quantitative estimate of drug-likeness (QED) is 0.647. The number of pyridine rings is 1. The lowest BCUT2D eigenvalue weighted by Crippen LogP contribution is -2.27. The van der Waals surface area contributed by atoms with Gasteiger partial charge in [-0.25, -0.2) is 9.97 Å². The highest BCUT2D eigenvalue weighted by Crippen LogP contribution is 2.40. The zero-order valence-corrected chi connectivity index (χ0v) is 16.6. The molecular weight excluding hydrogens is 370 g/mol. The van der Waals surface area contributed by atoms with Crippen LogP contribution in [0.25, 0.3) is 21.6 Å². The lowest BCUT2D eigenvalue weighted by molar-refractivity contribution is -0.127. The SMILES string of the molecule is O=C1CCCN1CCCNc1nc(-c2cccnc2)nc2sc3c(c12)CCC3. The van der Waals surface area contributed by atoms with Crippen molar-refractivity contribution in [2.24, 2.45) is 0 Å². The third-order valence-corrected chi connectivity index (χ3v) is 6.74. The van der Waals surface area contributed by atoms with Crippen molar-refractivity contribution < 1.29 is 4.79 Å². The Labute approximate surface area is 168 Å². The van der Waals surface area contributed by atoms with Gasteiger partial charge in [-0.2, -0.15) is 0 Å². The molecule has 6 nitrogen and oxygen atoms in total. The number of aromatic nitrogens is 3. The molecule has 0 unspecified atom stereocenters. The molecule has 0 atom stereocenters. The van der Waals surface area contributed by atoms with Crippen LogP contribution in [-0.2, 0) is 17.6 Å². The standard InChI is InChI=1S/C21H23N5OS/c27-17-8-3-11-26(17)12-4-10-23-20-18-15-6-1-7-16(15)28-21(18)25-19(24-20)14-5-2-9-22-13-14/h2,5,9,13H,1,3-4,6-8,10-12H2,(H,23,24,25). The fourth-order valence-corrected chi connectivity index (χ4v) is 5.43. The fourth-order valence-electron chi connectivity index (χ4n) is 4.17. The Morgan fingerprint density at radius 3 is 2.96 bits per heavy atom. The second-order valence-electron chi connectivity index (χ2n) is 7.44. The van der Waals surface area contributed by atoms with Gasteiger partial charge < -0.3 is 10.2 Å². The largest absolute Gasteiger partial charge is 0.369 e. The van der Waals surface area contributed by atoms with Gasteiger partial charge in [0.2, 0.25) is 5.91 Å². The number of nitrogens with zero attached hydrogens (tertiary/aromatic N) is 4. The molecule has 0 aromatic carbocycles. The normalized spacial score (nSPS) is 16.1. The van der Waals surface area contributed by atoms with Gasteiger partial charge in [0.1, 0.15) is 10.6 Å². The third-order valence-electron chi connectivity index (χ3n) is 5.55. The Morgan fingerprint density at radius 1 is 1.18 bits per heavy atom. The minimum atomic E-state index is 0.291. The summed E-state index contributed by atoms with van der Waals surface area (Å²) in [6.07, 6.45) is 9.68. The predicted octanol–water partition coefficient (Wildman–Crippen LogP) is 3.67. The summed E-state index contributed by atoms with van der Waals surface area (Å²) in [4.78, 5) is 30.2. The number of nitrogens with one attached hydrogen (secondary N) is 1. The van der Waals surface area contributed by atoms with Gasteiger partial charge in [0.25, 0.3) is 0 Å². The number of carbonyl (C=O) groups excluding carboxylic acids is 1. The van der Waals surface area contributed by atoms with Crippen molar-refractivity contribution in [1.82, 2.24) is 19.9 Å². The van der Waals surface area contributed by atoms with Crippen molar-refractivity contribution >= 4 is 33.3 Å². The van der Waals surface area contributed by atoms with E-state index in [0.717, 1.165) is 67.4 Å². The van der Waals surface area contributed by atoms with Crippen molar-refractivity contribution in [1.29, 1.82) is 0 Å². The summed E-state index contributed by atoms with van der Waals surface area (Å²) >= 11 is 1.80. The highest BCUT2D eigenvalue weighted by atomic mass is 32.1. The van der Waals surface area contributed by atoms with Gasteiger partial charge >= 0.3 is 0 Å². The summed E-state index contributed by atoms with van der Waals surface area (Å²) in [7, 11) is 0. The maximum Gasteiger partial charge on any atom is 0.222 e. The number of thiophene rings is 1. The lowest BCUT2D eigenvalue weighted by Gasteiger charge is -2.16. The van der Waals surface area contributed by atoms with Crippen molar-refractivity contribution in [2.45, 2.75) is 38.5 Å². The van der Waals surface area contributed by atoms with E-state index in [2.05, 4.69) is 10.3 Å². The topological polar surface area (TPSA) is 71.0 Å². The van der Waals surface area contributed by atoms with Crippen LogP contribution in [0.4, 0.5) is 5.82 Å². The lowest BCUT2D eigenvalue weighted by atomic mass is 10.1. The maximum atomic E-state index is 11.8. The van der Waals surface area contributed by atoms with Gasteiger partial charge in [0.05, 0.1) is 5.39 Å². The Balaban J connectivity index is 1.41. The Kier molecular flexibility index (Phi) is 4.68. The van der Waals surface area contributed by atoms with E-state index >= 15 is 0 Å². The van der Waals surface area contributed by atoms with E-state index in [1.165, 1.54) is 22.2 Å². The van der Waals surface area contributed by atoms with E-state index < -0.39 is 0 Å². The maximum absolute atomic E-state index is 11.8. The van der Waals surface area contributed by atoms with Gasteiger partial charge in [0, 0.05) is 48.9 Å². The highest BCUT2D eigenvalue weighted by Gasteiger charge is 2.23. The average molecular weight is 394 g/mol. The molecule has 0 saturated carbocycles. The molecule has 1 aliphatic carbocycles. The van der Waals surface area contributed by atoms with Gasteiger partial charge in [0.15, 0.2) is 5.82 Å². The minimum Gasteiger partial charge on any atom is -0.369 e. The van der Waals surface area contributed by atoms with Crippen molar-refractivity contribution in [3.63, 3.8) is 0 Å². The van der Waals surface area contributed by atoms with Gasteiger partial charge in [-0.1, -0.05) is 0 Å². The van der Waals surface area contributed by atoms with Crippen molar-refractivity contribution in [3.05, 3.63) is 35.0 Å². The summed E-state index contributed by atoms with van der Waals surface area (Å²) in [5, 5.41) is 4.75. The molecule has 0 spiro atoms. The molecule has 1 aliphatic heterocycles. The first-order valence-corrected chi connectivity index (χ1v) is 10.9. The zero-order chi connectivity index (χ0) is 18.9. The number of carbonyl (C=O) groups is 1. The van der Waals surface area contributed by atoms with E-state index in [1.54, 1.807) is 17.5 Å². The van der Waals surface area contributed by atoms with Crippen LogP contribution in [-0.4, -0.2) is 45.4 Å². The minimum absolute atomic E-state index is 0.291. The van der Waals surface area contributed by atoms with E-state index in [4.69, 9.17) is 9.97 Å². The number of likely N-dealkylation sites (tertiary alicyclic amines) is 1. The van der Waals surface area contributed by atoms with Crippen molar-refractivity contribution in [2.75, 3.05) is 25.0 Å². The first kappa shape index (κ1) is 17.6. The molecule has 28 heavy (non-hydrogen) atoms. The molecule has 1 N–H and O–H groups in total. The first-order valence-electron chi connectivity index (χ1n) is 10.0. The van der Waals surface area contributed by atoms with Crippen LogP contribution in [0, 0.1) is 0 Å².